The second-order valence-electron chi connectivity index (χ2n) is 4.07. The first-order valence-electron chi connectivity index (χ1n) is 5.69. The molecule has 94 valence electrons. The smallest absolute Gasteiger partial charge is 0.335 e. The summed E-state index contributed by atoms with van der Waals surface area (Å²) in [6.07, 6.45) is 0. The highest BCUT2D eigenvalue weighted by Crippen LogP contribution is 2.23. The molecule has 0 fully saturated rings. The lowest BCUT2D eigenvalue weighted by Crippen LogP contribution is -2.09. The maximum Gasteiger partial charge on any atom is 0.335 e. The van der Waals surface area contributed by atoms with Crippen molar-refractivity contribution in [2.24, 2.45) is 0 Å². The SMILES string of the molecule is CN(c1ccc(C#N)cc1)c1ccc(C(=O)O)cc1. The van der Waals surface area contributed by atoms with Crippen LogP contribution in [0, 0.1) is 11.3 Å². The predicted octanol–water partition coefficient (Wildman–Crippen LogP) is 3.02. The number of carboxylic acid groups (broad SMARTS) is 1. The van der Waals surface area contributed by atoms with Crippen LogP contribution < -0.4 is 4.90 Å². The Morgan fingerprint density at radius 2 is 1.53 bits per heavy atom. The second kappa shape index (κ2) is 5.23. The third-order valence-corrected chi connectivity index (χ3v) is 2.89. The molecule has 0 aliphatic heterocycles. The van der Waals surface area contributed by atoms with Crippen LogP contribution in [-0.2, 0) is 0 Å². The van der Waals surface area contributed by atoms with Gasteiger partial charge in [0.2, 0.25) is 0 Å². The molecule has 2 aromatic carbocycles. The molecule has 0 aliphatic carbocycles. The largest absolute Gasteiger partial charge is 0.478 e. The molecule has 1 N–H and O–H groups in total. The Morgan fingerprint density at radius 1 is 1.05 bits per heavy atom. The van der Waals surface area contributed by atoms with Gasteiger partial charge in [0.15, 0.2) is 0 Å². The van der Waals surface area contributed by atoms with Gasteiger partial charge in [-0.15, -0.1) is 0 Å². The maximum atomic E-state index is 10.8. The van der Waals surface area contributed by atoms with Crippen LogP contribution >= 0.6 is 0 Å². The van der Waals surface area contributed by atoms with Gasteiger partial charge < -0.3 is 10.0 Å². The van der Waals surface area contributed by atoms with Gasteiger partial charge in [0.05, 0.1) is 17.2 Å². The zero-order valence-corrected chi connectivity index (χ0v) is 10.4. The van der Waals surface area contributed by atoms with Gasteiger partial charge in [0.1, 0.15) is 0 Å². The fourth-order valence-corrected chi connectivity index (χ4v) is 1.74. The zero-order chi connectivity index (χ0) is 13.8. The summed E-state index contributed by atoms with van der Waals surface area (Å²) in [5.74, 6) is -0.937. The van der Waals surface area contributed by atoms with E-state index in [4.69, 9.17) is 10.4 Å². The lowest BCUT2D eigenvalue weighted by Gasteiger charge is -2.19. The number of nitriles is 1. The van der Waals surface area contributed by atoms with Crippen molar-refractivity contribution in [1.82, 2.24) is 0 Å². The van der Waals surface area contributed by atoms with Gasteiger partial charge in [-0.1, -0.05) is 0 Å². The first-order valence-corrected chi connectivity index (χ1v) is 5.69. The van der Waals surface area contributed by atoms with Crippen LogP contribution in [0.25, 0.3) is 0 Å². The number of rotatable bonds is 3. The minimum atomic E-state index is -0.937. The summed E-state index contributed by atoms with van der Waals surface area (Å²) in [5, 5.41) is 17.6. The van der Waals surface area contributed by atoms with Crippen molar-refractivity contribution in [1.29, 1.82) is 5.26 Å². The van der Waals surface area contributed by atoms with E-state index in [-0.39, 0.29) is 5.56 Å². The summed E-state index contributed by atoms with van der Waals surface area (Å²) < 4.78 is 0. The van der Waals surface area contributed by atoms with Crippen LogP contribution in [0.3, 0.4) is 0 Å². The van der Waals surface area contributed by atoms with E-state index in [2.05, 4.69) is 6.07 Å². The first kappa shape index (κ1) is 12.7. The van der Waals surface area contributed by atoms with Gasteiger partial charge in [0.25, 0.3) is 0 Å². The van der Waals surface area contributed by atoms with Crippen molar-refractivity contribution >= 4 is 17.3 Å². The molecule has 0 aliphatic rings. The van der Waals surface area contributed by atoms with E-state index in [1.807, 2.05) is 24.1 Å². The van der Waals surface area contributed by atoms with E-state index < -0.39 is 5.97 Å². The van der Waals surface area contributed by atoms with Gasteiger partial charge in [-0.25, -0.2) is 4.79 Å². The lowest BCUT2D eigenvalue weighted by atomic mass is 10.1. The fraction of sp³-hybridized carbons (Fsp3) is 0.0667. The number of aromatic carboxylic acids is 1. The molecule has 0 saturated heterocycles. The van der Waals surface area contributed by atoms with Crippen molar-refractivity contribution in [3.8, 4) is 6.07 Å². The summed E-state index contributed by atoms with van der Waals surface area (Å²) in [4.78, 5) is 12.7. The van der Waals surface area contributed by atoms with Crippen LogP contribution in [0.1, 0.15) is 15.9 Å². The first-order chi connectivity index (χ1) is 9.11. The van der Waals surface area contributed by atoms with E-state index in [1.54, 1.807) is 36.4 Å². The fourth-order valence-electron chi connectivity index (χ4n) is 1.74. The summed E-state index contributed by atoms with van der Waals surface area (Å²) in [7, 11) is 1.89. The molecule has 0 amide bonds. The second-order valence-corrected chi connectivity index (χ2v) is 4.07. The van der Waals surface area contributed by atoms with Crippen molar-refractivity contribution in [2.75, 3.05) is 11.9 Å². The number of carboxylic acids is 1. The summed E-state index contributed by atoms with van der Waals surface area (Å²) >= 11 is 0. The van der Waals surface area contributed by atoms with Gasteiger partial charge in [-0.3, -0.25) is 0 Å². The predicted molar refractivity (Wildman–Crippen MR) is 72.6 cm³/mol. The molecule has 4 nitrogen and oxygen atoms in total. The molecule has 2 aromatic rings. The number of anilines is 2. The van der Waals surface area contributed by atoms with Crippen LogP contribution in [0.4, 0.5) is 11.4 Å². The van der Waals surface area contributed by atoms with Crippen molar-refractivity contribution in [3.63, 3.8) is 0 Å². The van der Waals surface area contributed by atoms with Gasteiger partial charge in [0, 0.05) is 18.4 Å². The highest BCUT2D eigenvalue weighted by Gasteiger charge is 2.06. The number of nitrogens with zero attached hydrogens (tertiary/aromatic N) is 2. The van der Waals surface area contributed by atoms with Crippen molar-refractivity contribution in [3.05, 3.63) is 59.7 Å². The third-order valence-electron chi connectivity index (χ3n) is 2.89. The topological polar surface area (TPSA) is 64.3 Å². The summed E-state index contributed by atoms with van der Waals surface area (Å²) in [5.41, 5.74) is 2.69. The highest BCUT2D eigenvalue weighted by atomic mass is 16.4. The molecule has 0 aromatic heterocycles. The lowest BCUT2D eigenvalue weighted by molar-refractivity contribution is 0.0697. The van der Waals surface area contributed by atoms with Gasteiger partial charge in [-0.2, -0.15) is 5.26 Å². The summed E-state index contributed by atoms with van der Waals surface area (Å²) in [6, 6.07) is 15.9. The van der Waals surface area contributed by atoms with E-state index in [0.29, 0.717) is 5.56 Å². The molecule has 19 heavy (non-hydrogen) atoms. The van der Waals surface area contributed by atoms with Crippen LogP contribution in [0.5, 0.6) is 0 Å². The Bertz CT molecular complexity index is 625. The normalized spacial score (nSPS) is 9.68. The average molecular weight is 252 g/mol. The number of benzene rings is 2. The molecule has 0 unspecified atom stereocenters. The van der Waals surface area contributed by atoms with Crippen molar-refractivity contribution < 1.29 is 9.90 Å². The molecule has 2 rings (SSSR count). The van der Waals surface area contributed by atoms with Gasteiger partial charge in [-0.05, 0) is 48.5 Å². The average Bonchev–Trinajstić information content (AvgIpc) is 2.46. The number of carbonyl (C=O) groups is 1. The standard InChI is InChI=1S/C15H12N2O2/c1-17(13-6-2-11(10-16)3-7-13)14-8-4-12(5-9-14)15(18)19/h2-9H,1H3,(H,18,19). The van der Waals surface area contributed by atoms with Crippen LogP contribution in [0.15, 0.2) is 48.5 Å². The minimum Gasteiger partial charge on any atom is -0.478 e. The quantitative estimate of drug-likeness (QED) is 0.911. The third kappa shape index (κ3) is 2.72. The van der Waals surface area contributed by atoms with E-state index in [0.717, 1.165) is 11.4 Å². The highest BCUT2D eigenvalue weighted by molar-refractivity contribution is 5.88. The molecule has 4 heteroatoms. The Morgan fingerprint density at radius 3 is 1.95 bits per heavy atom. The van der Waals surface area contributed by atoms with E-state index >= 15 is 0 Å². The number of hydrogen-bond acceptors (Lipinski definition) is 3. The Balaban J connectivity index is 2.25. The van der Waals surface area contributed by atoms with Crippen LogP contribution in [0.2, 0.25) is 0 Å². The molecule has 0 atom stereocenters. The monoisotopic (exact) mass is 252 g/mol. The number of hydrogen-bond donors (Lipinski definition) is 1. The van der Waals surface area contributed by atoms with Gasteiger partial charge >= 0.3 is 5.97 Å². The van der Waals surface area contributed by atoms with Crippen LogP contribution in [-0.4, -0.2) is 18.1 Å². The molecular weight excluding hydrogens is 240 g/mol. The zero-order valence-electron chi connectivity index (χ0n) is 10.4. The molecular formula is C15H12N2O2. The maximum absolute atomic E-state index is 10.8. The molecule has 0 heterocycles. The van der Waals surface area contributed by atoms with E-state index in [9.17, 15) is 4.79 Å². The van der Waals surface area contributed by atoms with E-state index in [1.165, 1.54) is 0 Å². The van der Waals surface area contributed by atoms with Crippen molar-refractivity contribution in [2.45, 2.75) is 0 Å². The minimum absolute atomic E-state index is 0.261. The molecule has 0 saturated carbocycles. The Labute approximate surface area is 111 Å². The Kier molecular flexibility index (Phi) is 3.48. The summed E-state index contributed by atoms with van der Waals surface area (Å²) in [6.45, 7) is 0. The molecule has 0 spiro atoms. The molecule has 0 bridgehead atoms. The Hall–Kier alpha value is -2.80. The molecule has 0 radical (unpaired) electrons.